The van der Waals surface area contributed by atoms with Gasteiger partial charge in [-0.15, -0.1) is 0 Å². The fraction of sp³-hybridized carbons (Fsp3) is 0.500. The van der Waals surface area contributed by atoms with Crippen LogP contribution in [0.4, 0.5) is 17.4 Å². The van der Waals surface area contributed by atoms with Crippen molar-refractivity contribution in [3.63, 3.8) is 0 Å². The first-order valence-corrected chi connectivity index (χ1v) is 4.27. The first kappa shape index (κ1) is 10.7. The smallest absolute Gasteiger partial charge is 0.321 e. The van der Waals surface area contributed by atoms with Crippen LogP contribution in [0.2, 0.25) is 0 Å². The Labute approximate surface area is 60.1 Å². The van der Waals surface area contributed by atoms with Crippen LogP contribution in [0.1, 0.15) is 6.42 Å². The Morgan fingerprint density at radius 1 is 1.36 bits per heavy atom. The first-order valence-electron chi connectivity index (χ1n) is 2.54. The van der Waals surface area contributed by atoms with Crippen LogP contribution in [0.25, 0.3) is 0 Å². The summed E-state index contributed by atoms with van der Waals surface area (Å²) in [6.07, 6.45) is -4.75. The molecule has 0 aromatic carbocycles. The average Bonchev–Trinajstić information content (AvgIpc) is 1.80. The largest absolute Gasteiger partial charge is 0.365 e. The van der Waals surface area contributed by atoms with E-state index in [0.29, 0.717) is 0 Å². The minimum absolute atomic E-state index is 1.05. The topological polar surface area (TPSA) is 37.3 Å². The molecule has 0 amide bonds. The number of halogens is 4. The van der Waals surface area contributed by atoms with Gasteiger partial charge < -0.3 is 4.89 Å². The monoisotopic (exact) mass is 192 g/mol. The molecule has 0 aromatic rings. The van der Waals surface area contributed by atoms with E-state index in [1.165, 1.54) is 0 Å². The minimum Gasteiger partial charge on any atom is -0.321 e. The summed E-state index contributed by atoms with van der Waals surface area (Å²) in [4.78, 5) is 7.90. The maximum Gasteiger partial charge on any atom is 0.365 e. The molecule has 1 N–H and O–H groups in total. The average molecular weight is 192 g/mol. The summed E-state index contributed by atoms with van der Waals surface area (Å²) >= 11 is 0. The van der Waals surface area contributed by atoms with E-state index in [4.69, 9.17) is 4.89 Å². The Morgan fingerprint density at radius 2 is 1.82 bits per heavy atom. The molecule has 0 radical (unpaired) electrons. The fourth-order valence-electron chi connectivity index (χ4n) is 0.331. The van der Waals surface area contributed by atoms with Gasteiger partial charge in [-0.2, -0.15) is 13.0 Å². The molecule has 0 aliphatic rings. The fourth-order valence-corrected chi connectivity index (χ4v) is 0.803. The van der Waals surface area contributed by atoms with Gasteiger partial charge in [0.1, 0.15) is 0 Å². The molecule has 0 saturated carbocycles. The summed E-state index contributed by atoms with van der Waals surface area (Å²) in [7, 11) is -4.87. The van der Waals surface area contributed by atoms with E-state index < -0.39 is 32.2 Å². The predicted octanol–water partition coefficient (Wildman–Crippen LogP) is 2.61. The van der Waals surface area contributed by atoms with Crippen LogP contribution in [0, 0.1) is 0 Å². The van der Waals surface area contributed by atoms with Crippen LogP contribution in [0.3, 0.4) is 0 Å². The molecular weight excluding hydrogens is 187 g/mol. The second-order valence-electron chi connectivity index (χ2n) is 1.76. The Bertz CT molecular complexity index is 204. The lowest BCUT2D eigenvalue weighted by molar-refractivity contribution is 0.370. The van der Waals surface area contributed by atoms with Crippen LogP contribution >= 0.6 is 7.68 Å². The molecule has 0 bridgehead atoms. The van der Waals surface area contributed by atoms with Crippen LogP contribution in [-0.4, -0.2) is 11.1 Å². The first-order chi connectivity index (χ1) is 4.83. The highest BCUT2D eigenvalue weighted by atomic mass is 31.2. The molecule has 7 heteroatoms. The summed E-state index contributed by atoms with van der Waals surface area (Å²) in [6, 6.07) is 0. The summed E-state index contributed by atoms with van der Waals surface area (Å²) in [5.74, 6) is -1.85. The molecule has 11 heavy (non-hydrogen) atoms. The zero-order valence-corrected chi connectivity index (χ0v) is 6.12. The minimum atomic E-state index is -4.87. The van der Waals surface area contributed by atoms with Gasteiger partial charge in [0, 0.05) is 6.42 Å². The maximum atomic E-state index is 11.8. The van der Waals surface area contributed by atoms with E-state index in [-0.39, 0.29) is 0 Å². The van der Waals surface area contributed by atoms with Crippen molar-refractivity contribution in [3.05, 3.63) is 11.9 Å². The van der Waals surface area contributed by atoms with Crippen LogP contribution in [0.15, 0.2) is 11.9 Å². The van der Waals surface area contributed by atoms with Gasteiger partial charge in [-0.1, -0.05) is 0 Å². The van der Waals surface area contributed by atoms with Gasteiger partial charge in [-0.25, -0.2) is 4.39 Å². The highest BCUT2D eigenvalue weighted by Crippen LogP contribution is 2.43. The van der Waals surface area contributed by atoms with Gasteiger partial charge in [0.05, 0.1) is 6.16 Å². The van der Waals surface area contributed by atoms with E-state index in [1.54, 1.807) is 0 Å². The SMILES string of the molecule is O=P(O)(F)CCC(F)=C(F)F. The van der Waals surface area contributed by atoms with Gasteiger partial charge in [-0.05, 0) is 0 Å². The molecule has 0 rings (SSSR count). The lowest BCUT2D eigenvalue weighted by atomic mass is 10.4. The highest BCUT2D eigenvalue weighted by Gasteiger charge is 2.18. The highest BCUT2D eigenvalue weighted by molar-refractivity contribution is 7.52. The van der Waals surface area contributed by atoms with Gasteiger partial charge in [0.25, 0.3) is 0 Å². The maximum absolute atomic E-state index is 11.8. The lowest BCUT2D eigenvalue weighted by Crippen LogP contribution is -1.85. The molecule has 1 atom stereocenters. The second-order valence-corrected chi connectivity index (χ2v) is 3.44. The summed E-state index contributed by atoms with van der Waals surface area (Å²) in [5.41, 5.74) is 0. The van der Waals surface area contributed by atoms with Gasteiger partial charge in [0.2, 0.25) is 0 Å². The summed E-state index contributed by atoms with van der Waals surface area (Å²) < 4.78 is 55.7. The quantitative estimate of drug-likeness (QED) is 0.551. The van der Waals surface area contributed by atoms with Crippen molar-refractivity contribution in [2.45, 2.75) is 6.42 Å². The lowest BCUT2D eigenvalue weighted by Gasteiger charge is -1.97. The molecule has 0 spiro atoms. The van der Waals surface area contributed by atoms with E-state index in [2.05, 4.69) is 0 Å². The van der Waals surface area contributed by atoms with E-state index in [0.717, 1.165) is 0 Å². The molecule has 0 saturated heterocycles. The molecule has 0 fully saturated rings. The molecule has 0 heterocycles. The van der Waals surface area contributed by atoms with Crippen LogP contribution in [0.5, 0.6) is 0 Å². The Hall–Kier alpha value is -0.350. The third-order valence-corrected chi connectivity index (χ3v) is 1.59. The number of hydrogen-bond acceptors (Lipinski definition) is 1. The Kier molecular flexibility index (Phi) is 3.75. The summed E-state index contributed by atoms with van der Waals surface area (Å²) in [6.45, 7) is 0. The predicted molar refractivity (Wildman–Crippen MR) is 30.8 cm³/mol. The Morgan fingerprint density at radius 3 is 2.09 bits per heavy atom. The van der Waals surface area contributed by atoms with Crippen molar-refractivity contribution >= 4 is 7.68 Å². The van der Waals surface area contributed by atoms with Gasteiger partial charge >= 0.3 is 13.8 Å². The van der Waals surface area contributed by atoms with Gasteiger partial charge in [0.15, 0.2) is 5.83 Å². The normalized spacial score (nSPS) is 15.7. The number of allylic oxidation sites excluding steroid dienone is 1. The van der Waals surface area contributed by atoms with Gasteiger partial charge in [-0.3, -0.25) is 4.57 Å². The number of rotatable bonds is 3. The zero-order valence-electron chi connectivity index (χ0n) is 5.23. The molecule has 2 nitrogen and oxygen atoms in total. The third-order valence-electron chi connectivity index (χ3n) is 0.812. The third kappa shape index (κ3) is 6.06. The molecule has 0 aliphatic carbocycles. The number of hydrogen-bond donors (Lipinski definition) is 1. The van der Waals surface area contributed by atoms with E-state index >= 15 is 0 Å². The van der Waals surface area contributed by atoms with E-state index in [1.807, 2.05) is 0 Å². The van der Waals surface area contributed by atoms with Crippen LogP contribution in [-0.2, 0) is 4.57 Å². The Balaban J connectivity index is 3.92. The second kappa shape index (κ2) is 3.88. The molecule has 0 aromatic heterocycles. The van der Waals surface area contributed by atoms with E-state index in [9.17, 15) is 21.9 Å². The van der Waals surface area contributed by atoms with Crippen molar-refractivity contribution in [2.24, 2.45) is 0 Å². The van der Waals surface area contributed by atoms with Crippen molar-refractivity contribution in [1.82, 2.24) is 0 Å². The molecule has 1 unspecified atom stereocenters. The van der Waals surface area contributed by atoms with Crippen molar-refractivity contribution in [3.8, 4) is 0 Å². The molecule has 66 valence electrons. The molecular formula is C4H5F4O2P. The van der Waals surface area contributed by atoms with Crippen molar-refractivity contribution in [2.75, 3.05) is 6.16 Å². The van der Waals surface area contributed by atoms with Crippen LogP contribution < -0.4 is 0 Å². The van der Waals surface area contributed by atoms with Crippen molar-refractivity contribution < 1.29 is 26.8 Å². The zero-order chi connectivity index (χ0) is 9.07. The standard InChI is InChI=1S/C4H5F4O2P/c5-3(4(6)7)1-2-11(8,9)10/h1-2H2,(H,9,10). The summed E-state index contributed by atoms with van der Waals surface area (Å²) in [5, 5.41) is 0. The van der Waals surface area contributed by atoms with Crippen molar-refractivity contribution in [1.29, 1.82) is 0 Å². The molecule has 0 aliphatic heterocycles.